The zero-order valence-corrected chi connectivity index (χ0v) is 18.9. The summed E-state index contributed by atoms with van der Waals surface area (Å²) >= 11 is 0. The molecule has 34 heavy (non-hydrogen) atoms. The molecule has 0 amide bonds. The third kappa shape index (κ3) is 4.26. The molecule has 1 atom stereocenters. The van der Waals surface area contributed by atoms with Crippen LogP contribution in [0.2, 0.25) is 0 Å². The lowest BCUT2D eigenvalue weighted by Gasteiger charge is -2.15. The first-order valence-electron chi connectivity index (χ1n) is 10.2. The number of benzene rings is 2. The number of halogens is 2. The fourth-order valence-corrected chi connectivity index (χ4v) is 4.68. The number of H-pyrrole nitrogens is 1. The van der Waals surface area contributed by atoms with Crippen molar-refractivity contribution in [3.63, 3.8) is 0 Å². The lowest BCUT2D eigenvalue weighted by atomic mass is 10.2. The zero-order chi connectivity index (χ0) is 23.9. The summed E-state index contributed by atoms with van der Waals surface area (Å²) in [5.41, 5.74) is 2.98. The minimum atomic E-state index is -3.72. The number of aromatic amines is 1. The van der Waals surface area contributed by atoms with E-state index in [-0.39, 0.29) is 22.4 Å². The SMILES string of the molecule is COc1c(OCc2ccccc2)cnc(CS(=O)c2nc3cc4c(cc3[nH]2)OC(F)(F)O4)c1C. The Morgan fingerprint density at radius 1 is 1.15 bits per heavy atom. The molecule has 0 saturated heterocycles. The Morgan fingerprint density at radius 2 is 1.88 bits per heavy atom. The summed E-state index contributed by atoms with van der Waals surface area (Å²) in [6, 6.07) is 12.3. The van der Waals surface area contributed by atoms with Gasteiger partial charge < -0.3 is 23.9 Å². The third-order valence-corrected chi connectivity index (χ3v) is 6.40. The van der Waals surface area contributed by atoms with E-state index < -0.39 is 17.1 Å². The fraction of sp³-hybridized carbons (Fsp3) is 0.217. The third-order valence-electron chi connectivity index (χ3n) is 5.24. The van der Waals surface area contributed by atoms with E-state index in [1.54, 1.807) is 6.20 Å². The van der Waals surface area contributed by atoms with Crippen molar-refractivity contribution in [3.8, 4) is 23.0 Å². The van der Waals surface area contributed by atoms with E-state index in [4.69, 9.17) is 9.47 Å². The molecule has 11 heteroatoms. The van der Waals surface area contributed by atoms with Crippen LogP contribution in [0.3, 0.4) is 0 Å². The summed E-state index contributed by atoms with van der Waals surface area (Å²) in [4.78, 5) is 11.6. The number of nitrogens with zero attached hydrogens (tertiary/aromatic N) is 2. The van der Waals surface area contributed by atoms with Gasteiger partial charge in [-0.25, -0.2) is 4.98 Å². The molecule has 5 rings (SSSR count). The summed E-state index contributed by atoms with van der Waals surface area (Å²) in [7, 11) is -0.0631. The maximum atomic E-state index is 13.3. The van der Waals surface area contributed by atoms with Crippen LogP contribution in [0.1, 0.15) is 16.8 Å². The molecule has 1 aliphatic rings. The van der Waals surface area contributed by atoms with Crippen LogP contribution in [0.25, 0.3) is 11.0 Å². The molecule has 1 aliphatic heterocycles. The molecular formula is C23H19F2N3O5S. The maximum Gasteiger partial charge on any atom is 0.586 e. The summed E-state index contributed by atoms with van der Waals surface area (Å²) in [5, 5.41) is 0.176. The van der Waals surface area contributed by atoms with Gasteiger partial charge in [0.15, 0.2) is 28.2 Å². The van der Waals surface area contributed by atoms with Gasteiger partial charge in [-0.3, -0.25) is 9.19 Å². The van der Waals surface area contributed by atoms with Crippen LogP contribution in [0.4, 0.5) is 8.78 Å². The van der Waals surface area contributed by atoms with Gasteiger partial charge in [-0.2, -0.15) is 0 Å². The standard InChI is InChI=1S/C23H19F2N3O5S/c1-13-17(26-10-20(21(13)30-2)31-11-14-6-4-3-5-7-14)12-34(29)22-27-15-8-18-19(9-16(15)28-22)33-23(24,25)32-18/h3-10H,11-12H2,1-2H3,(H,27,28). The Bertz CT molecular complexity index is 1350. The van der Waals surface area contributed by atoms with E-state index in [1.807, 2.05) is 37.3 Å². The first kappa shape index (κ1) is 22.1. The van der Waals surface area contributed by atoms with E-state index in [1.165, 1.54) is 19.2 Å². The number of hydrogen-bond donors (Lipinski definition) is 1. The Kier molecular flexibility index (Phi) is 5.56. The van der Waals surface area contributed by atoms with Crippen LogP contribution in [-0.4, -0.2) is 32.6 Å². The normalized spacial score (nSPS) is 14.8. The molecular weight excluding hydrogens is 468 g/mol. The highest BCUT2D eigenvalue weighted by atomic mass is 32.2. The van der Waals surface area contributed by atoms with Gasteiger partial charge in [0, 0.05) is 17.7 Å². The maximum absolute atomic E-state index is 13.3. The van der Waals surface area contributed by atoms with Crippen molar-refractivity contribution >= 4 is 21.8 Å². The highest BCUT2D eigenvalue weighted by Crippen LogP contribution is 2.43. The molecule has 2 aromatic carbocycles. The second-order valence-corrected chi connectivity index (χ2v) is 8.88. The minimum absolute atomic E-state index is 0.0613. The van der Waals surface area contributed by atoms with Crippen LogP contribution in [0.15, 0.2) is 53.8 Å². The largest absolute Gasteiger partial charge is 0.586 e. The molecule has 0 radical (unpaired) electrons. The summed E-state index contributed by atoms with van der Waals surface area (Å²) in [6.45, 7) is 2.16. The van der Waals surface area contributed by atoms with Crippen LogP contribution >= 0.6 is 0 Å². The molecule has 4 aromatic rings. The molecule has 1 N–H and O–H groups in total. The van der Waals surface area contributed by atoms with Crippen molar-refractivity contribution in [1.82, 2.24) is 15.0 Å². The lowest BCUT2D eigenvalue weighted by Crippen LogP contribution is -2.25. The van der Waals surface area contributed by atoms with Crippen LogP contribution in [-0.2, 0) is 23.2 Å². The van der Waals surface area contributed by atoms with Gasteiger partial charge in [-0.05, 0) is 12.5 Å². The molecule has 3 heterocycles. The summed E-state index contributed by atoms with van der Waals surface area (Å²) in [6.07, 6.45) is -2.18. The minimum Gasteiger partial charge on any atom is -0.492 e. The predicted molar refractivity (Wildman–Crippen MR) is 119 cm³/mol. The number of methoxy groups -OCH3 is 1. The lowest BCUT2D eigenvalue weighted by molar-refractivity contribution is -0.286. The highest BCUT2D eigenvalue weighted by Gasteiger charge is 2.43. The number of pyridine rings is 1. The molecule has 0 saturated carbocycles. The van der Waals surface area contributed by atoms with E-state index in [0.717, 1.165) is 5.56 Å². The molecule has 1 unspecified atom stereocenters. The number of aromatic nitrogens is 3. The van der Waals surface area contributed by atoms with Crippen molar-refractivity contribution in [2.45, 2.75) is 30.7 Å². The second-order valence-electron chi connectivity index (χ2n) is 7.52. The van der Waals surface area contributed by atoms with Gasteiger partial charge in [-0.15, -0.1) is 8.78 Å². The molecule has 0 bridgehead atoms. The number of imidazole rings is 1. The summed E-state index contributed by atoms with van der Waals surface area (Å²) < 4.78 is 59.8. The molecule has 0 fully saturated rings. The zero-order valence-electron chi connectivity index (χ0n) is 18.1. The quantitative estimate of drug-likeness (QED) is 0.411. The Hall–Kier alpha value is -3.73. The predicted octanol–water partition coefficient (Wildman–Crippen LogP) is 4.48. The van der Waals surface area contributed by atoms with Gasteiger partial charge >= 0.3 is 6.29 Å². The van der Waals surface area contributed by atoms with E-state index in [9.17, 15) is 13.0 Å². The molecule has 176 valence electrons. The number of fused-ring (bicyclic) bond motifs is 2. The molecule has 8 nitrogen and oxygen atoms in total. The van der Waals surface area contributed by atoms with Gasteiger partial charge in [0.1, 0.15) is 6.61 Å². The Morgan fingerprint density at radius 3 is 2.62 bits per heavy atom. The topological polar surface area (TPSA) is 95.6 Å². The average molecular weight is 487 g/mol. The molecule has 2 aromatic heterocycles. The van der Waals surface area contributed by atoms with Crippen molar-refractivity contribution < 1.29 is 31.9 Å². The average Bonchev–Trinajstić information content (AvgIpc) is 3.36. The number of hydrogen-bond acceptors (Lipinski definition) is 7. The van der Waals surface area contributed by atoms with Crippen LogP contribution < -0.4 is 18.9 Å². The van der Waals surface area contributed by atoms with Crippen LogP contribution in [0.5, 0.6) is 23.0 Å². The van der Waals surface area contributed by atoms with E-state index in [0.29, 0.717) is 40.4 Å². The number of alkyl halides is 2. The molecule has 0 aliphatic carbocycles. The van der Waals surface area contributed by atoms with Crippen molar-refractivity contribution in [3.05, 3.63) is 65.5 Å². The van der Waals surface area contributed by atoms with Gasteiger partial charge in [-0.1, -0.05) is 30.3 Å². The summed E-state index contributed by atoms with van der Waals surface area (Å²) in [5.74, 6) is 0.801. The second kappa shape index (κ2) is 8.56. The monoisotopic (exact) mass is 487 g/mol. The van der Waals surface area contributed by atoms with Gasteiger partial charge in [0.2, 0.25) is 0 Å². The van der Waals surface area contributed by atoms with E-state index in [2.05, 4.69) is 24.4 Å². The van der Waals surface area contributed by atoms with Crippen molar-refractivity contribution in [2.75, 3.05) is 7.11 Å². The number of nitrogens with one attached hydrogen (secondary N) is 1. The number of rotatable bonds is 7. The smallest absolute Gasteiger partial charge is 0.492 e. The van der Waals surface area contributed by atoms with Gasteiger partial charge in [0.25, 0.3) is 0 Å². The highest BCUT2D eigenvalue weighted by molar-refractivity contribution is 7.84. The first-order chi connectivity index (χ1) is 16.3. The van der Waals surface area contributed by atoms with Crippen molar-refractivity contribution in [1.29, 1.82) is 0 Å². The fourth-order valence-electron chi connectivity index (χ4n) is 3.58. The van der Waals surface area contributed by atoms with E-state index >= 15 is 0 Å². The van der Waals surface area contributed by atoms with Crippen molar-refractivity contribution in [2.24, 2.45) is 0 Å². The Balaban J connectivity index is 1.34. The first-order valence-corrected chi connectivity index (χ1v) is 11.5. The van der Waals surface area contributed by atoms with Gasteiger partial charge in [0.05, 0.1) is 46.6 Å². The van der Waals surface area contributed by atoms with Crippen LogP contribution in [0, 0.1) is 6.92 Å². The molecule has 0 spiro atoms. The Labute approximate surface area is 195 Å². The number of ether oxygens (including phenoxy) is 4.